The van der Waals surface area contributed by atoms with Crippen molar-refractivity contribution in [1.82, 2.24) is 0 Å². The number of hydrogen-bond donors (Lipinski definition) is 2. The zero-order chi connectivity index (χ0) is 23.8. The van der Waals surface area contributed by atoms with Crippen molar-refractivity contribution in [2.24, 2.45) is 0 Å². The summed E-state index contributed by atoms with van der Waals surface area (Å²) >= 11 is 0. The number of carboxylic acids is 2. The van der Waals surface area contributed by atoms with E-state index in [-0.39, 0.29) is 6.16 Å². The average Bonchev–Trinajstić information content (AvgIpc) is 2.84. The zero-order valence-corrected chi connectivity index (χ0v) is 19.3. The van der Waals surface area contributed by atoms with Crippen LogP contribution in [-0.2, 0) is 9.59 Å². The van der Waals surface area contributed by atoms with Gasteiger partial charge in [-0.25, -0.2) is 0 Å². The first kappa shape index (κ1) is 23.9. The molecule has 0 atom stereocenters. The molecule has 0 aliphatic carbocycles. The van der Waals surface area contributed by atoms with Gasteiger partial charge in [0, 0.05) is 6.92 Å². The SMILES string of the molecule is CC(=O)O.O=C(O)CP(c1ccccc1)(c1ccccc1)(c1ccccc1)c1ccccc1. The molecule has 0 aliphatic heterocycles. The van der Waals surface area contributed by atoms with E-state index in [4.69, 9.17) is 9.90 Å². The third-order valence-corrected chi connectivity index (χ3v) is 12.4. The fourth-order valence-corrected chi connectivity index (χ4v) is 10.9. The van der Waals surface area contributed by atoms with Crippen LogP contribution in [0.1, 0.15) is 6.92 Å². The predicted octanol–water partition coefficient (Wildman–Crippen LogP) is 4.02. The second kappa shape index (κ2) is 10.2. The Morgan fingerprint density at radius 3 is 0.939 bits per heavy atom. The first-order chi connectivity index (χ1) is 15.9. The van der Waals surface area contributed by atoms with Gasteiger partial charge in [-0.3, -0.25) is 4.79 Å². The normalized spacial score (nSPS) is 11.8. The van der Waals surface area contributed by atoms with Crippen molar-refractivity contribution in [3.05, 3.63) is 121 Å². The second-order valence-electron chi connectivity index (χ2n) is 7.72. The maximum atomic E-state index is 12.5. The molecule has 4 nitrogen and oxygen atoms in total. The molecule has 0 spiro atoms. The van der Waals surface area contributed by atoms with Crippen LogP contribution in [0, 0.1) is 0 Å². The van der Waals surface area contributed by atoms with Crippen molar-refractivity contribution in [2.45, 2.75) is 6.92 Å². The number of rotatable bonds is 6. The summed E-state index contributed by atoms with van der Waals surface area (Å²) in [5.41, 5.74) is 0. The monoisotopic (exact) mass is 458 g/mol. The van der Waals surface area contributed by atoms with Crippen LogP contribution in [-0.4, -0.2) is 28.3 Å². The topological polar surface area (TPSA) is 74.6 Å². The van der Waals surface area contributed by atoms with E-state index in [1.54, 1.807) is 0 Å². The molecule has 0 saturated heterocycles. The molecule has 0 saturated carbocycles. The summed E-state index contributed by atoms with van der Waals surface area (Å²) in [7, 11) is 0. The van der Waals surface area contributed by atoms with Crippen LogP contribution in [0.15, 0.2) is 121 Å². The number of benzene rings is 4. The molecule has 0 fully saturated rings. The van der Waals surface area contributed by atoms with Gasteiger partial charge in [0.15, 0.2) is 0 Å². The zero-order valence-electron chi connectivity index (χ0n) is 18.4. The van der Waals surface area contributed by atoms with Gasteiger partial charge in [-0.05, 0) is 0 Å². The average molecular weight is 458 g/mol. The Morgan fingerprint density at radius 1 is 0.545 bits per heavy atom. The Labute approximate surface area is 194 Å². The van der Waals surface area contributed by atoms with E-state index in [0.29, 0.717) is 0 Å². The molecular weight excluding hydrogens is 431 g/mol. The van der Waals surface area contributed by atoms with Gasteiger partial charge in [0.25, 0.3) is 5.97 Å². The summed E-state index contributed by atoms with van der Waals surface area (Å²) in [6, 6.07) is 40.7. The van der Waals surface area contributed by atoms with Crippen molar-refractivity contribution in [3.8, 4) is 0 Å². The third kappa shape index (κ3) is 4.44. The number of carboxylic acid groups (broad SMARTS) is 2. The van der Waals surface area contributed by atoms with Crippen molar-refractivity contribution in [3.63, 3.8) is 0 Å². The Balaban J connectivity index is 0.000000709. The summed E-state index contributed by atoms with van der Waals surface area (Å²) < 4.78 is 0. The molecule has 0 aliphatic rings. The van der Waals surface area contributed by atoms with Crippen LogP contribution in [0.3, 0.4) is 0 Å². The Kier molecular flexibility index (Phi) is 7.42. The predicted molar refractivity (Wildman–Crippen MR) is 137 cm³/mol. The van der Waals surface area contributed by atoms with Crippen LogP contribution in [0.2, 0.25) is 0 Å². The van der Waals surface area contributed by atoms with E-state index in [9.17, 15) is 9.90 Å². The molecule has 168 valence electrons. The number of carbonyl (C=O) groups is 2. The van der Waals surface area contributed by atoms with Crippen LogP contribution < -0.4 is 21.2 Å². The van der Waals surface area contributed by atoms with Gasteiger partial charge in [-0.2, -0.15) is 0 Å². The van der Waals surface area contributed by atoms with Gasteiger partial charge in [-0.1, -0.05) is 0 Å². The molecule has 33 heavy (non-hydrogen) atoms. The van der Waals surface area contributed by atoms with E-state index in [1.807, 2.05) is 72.8 Å². The molecule has 5 heteroatoms. The molecule has 4 aromatic carbocycles. The van der Waals surface area contributed by atoms with E-state index >= 15 is 0 Å². The molecule has 0 radical (unpaired) electrons. The van der Waals surface area contributed by atoms with Gasteiger partial charge < -0.3 is 5.11 Å². The van der Waals surface area contributed by atoms with E-state index in [1.165, 1.54) is 0 Å². The standard InChI is InChI=1S/C26H23O2P.C2H4O2/c27-26(28)21-29(22-13-5-1-6-14-22,23-15-7-2-8-16-23,24-17-9-3-10-18-24)25-19-11-4-12-20-25;1-2(3)4/h1-20H,21H2,(H,27,28);1H3,(H,3,4). The van der Waals surface area contributed by atoms with E-state index < -0.39 is 18.5 Å². The van der Waals surface area contributed by atoms with Crippen LogP contribution in [0.4, 0.5) is 0 Å². The second-order valence-corrected chi connectivity index (χ2v) is 12.7. The summed E-state index contributed by atoms with van der Waals surface area (Å²) in [5.74, 6) is -1.64. The molecule has 4 aromatic rings. The number of hydrogen-bond acceptors (Lipinski definition) is 2. The number of aliphatic carboxylic acids is 2. The molecule has 0 amide bonds. The molecule has 0 heterocycles. The quantitative estimate of drug-likeness (QED) is 0.428. The first-order valence-electron chi connectivity index (χ1n) is 10.6. The fourth-order valence-electron chi connectivity index (χ4n) is 4.56. The Bertz CT molecular complexity index is 1020. The fraction of sp³-hybridized carbons (Fsp3) is 0.0714. The minimum absolute atomic E-state index is 0.0215. The minimum atomic E-state index is -3.54. The summed E-state index contributed by atoms with van der Waals surface area (Å²) in [5, 5.41) is 21.9. The van der Waals surface area contributed by atoms with Crippen molar-refractivity contribution >= 4 is 39.8 Å². The summed E-state index contributed by atoms with van der Waals surface area (Å²) in [4.78, 5) is 21.5. The van der Waals surface area contributed by atoms with Crippen LogP contribution in [0.5, 0.6) is 0 Å². The van der Waals surface area contributed by atoms with E-state index in [2.05, 4.69) is 48.5 Å². The molecule has 0 aromatic heterocycles. The molecule has 0 unspecified atom stereocenters. The van der Waals surface area contributed by atoms with Gasteiger partial charge >= 0.3 is 171 Å². The Hall–Kier alpha value is -3.75. The van der Waals surface area contributed by atoms with Gasteiger partial charge in [0.2, 0.25) is 0 Å². The van der Waals surface area contributed by atoms with Crippen LogP contribution in [0.25, 0.3) is 0 Å². The molecule has 4 rings (SSSR count). The molecule has 2 N–H and O–H groups in total. The third-order valence-electron chi connectivity index (χ3n) is 5.76. The van der Waals surface area contributed by atoms with Gasteiger partial charge in [-0.15, -0.1) is 0 Å². The molecule has 0 bridgehead atoms. The van der Waals surface area contributed by atoms with Crippen molar-refractivity contribution in [1.29, 1.82) is 0 Å². The summed E-state index contributed by atoms with van der Waals surface area (Å²) in [6.45, 7) is -2.45. The maximum absolute atomic E-state index is 12.5. The Morgan fingerprint density at radius 2 is 0.758 bits per heavy atom. The first-order valence-corrected chi connectivity index (χ1v) is 13.0. The summed E-state index contributed by atoms with van der Waals surface area (Å²) in [6.07, 6.45) is 0.0215. The van der Waals surface area contributed by atoms with Gasteiger partial charge in [0.05, 0.1) is 0 Å². The van der Waals surface area contributed by atoms with Crippen molar-refractivity contribution < 1.29 is 19.8 Å². The van der Waals surface area contributed by atoms with Crippen molar-refractivity contribution in [2.75, 3.05) is 6.16 Å². The molecular formula is C28H27O4P. The van der Waals surface area contributed by atoms with Gasteiger partial charge in [0.1, 0.15) is 0 Å². The van der Waals surface area contributed by atoms with E-state index in [0.717, 1.165) is 28.1 Å². The van der Waals surface area contributed by atoms with Crippen LogP contribution >= 0.6 is 6.60 Å².